The van der Waals surface area contributed by atoms with Gasteiger partial charge in [0.2, 0.25) is 5.91 Å². The Hall–Kier alpha value is -2.14. The van der Waals surface area contributed by atoms with E-state index in [2.05, 4.69) is 17.2 Å². The molecule has 1 aliphatic heterocycles. The second kappa shape index (κ2) is 7.18. The summed E-state index contributed by atoms with van der Waals surface area (Å²) in [6.45, 7) is 5.35. The zero-order chi connectivity index (χ0) is 17.1. The maximum atomic E-state index is 12.9. The summed E-state index contributed by atoms with van der Waals surface area (Å²) in [5, 5.41) is 4.19. The minimum atomic E-state index is -0.141. The fourth-order valence-corrected chi connectivity index (χ4v) is 3.23. The molecule has 0 radical (unpaired) electrons. The molecule has 1 aromatic heterocycles. The van der Waals surface area contributed by atoms with Gasteiger partial charge in [-0.05, 0) is 31.4 Å². The van der Waals surface area contributed by atoms with Crippen LogP contribution in [0.15, 0.2) is 36.7 Å². The van der Waals surface area contributed by atoms with Gasteiger partial charge >= 0.3 is 0 Å². The Balaban J connectivity index is 1.72. The topological polar surface area (TPSA) is 47.4 Å². The highest BCUT2D eigenvalue weighted by Gasteiger charge is 2.26. The van der Waals surface area contributed by atoms with Gasteiger partial charge in [-0.1, -0.05) is 24.3 Å². The van der Waals surface area contributed by atoms with Crippen LogP contribution in [0, 0.1) is 0 Å². The summed E-state index contributed by atoms with van der Waals surface area (Å²) in [6.07, 6.45) is 4.93. The molecule has 0 fully saturated rings. The Morgan fingerprint density at radius 1 is 1.42 bits per heavy atom. The number of hydrogen-bond acceptors (Lipinski definition) is 3. The zero-order valence-corrected chi connectivity index (χ0v) is 14.6. The largest absolute Gasteiger partial charge is 0.373 e. The normalized spacial score (nSPS) is 16.9. The molecule has 2 heterocycles. The molecule has 0 aliphatic carbocycles. The maximum absolute atomic E-state index is 12.9. The lowest BCUT2D eigenvalue weighted by molar-refractivity contribution is -0.137. The van der Waals surface area contributed by atoms with Gasteiger partial charge in [0.15, 0.2) is 0 Å². The van der Waals surface area contributed by atoms with Gasteiger partial charge in [-0.2, -0.15) is 5.10 Å². The lowest BCUT2D eigenvalue weighted by atomic mass is 9.95. The van der Waals surface area contributed by atoms with Crippen molar-refractivity contribution in [2.24, 2.45) is 7.05 Å². The number of amides is 1. The minimum Gasteiger partial charge on any atom is -0.373 e. The summed E-state index contributed by atoms with van der Waals surface area (Å²) in [5.41, 5.74) is 3.50. The molecule has 1 atom stereocenters. The SMILES string of the molecule is CC(C)N(Cc1cnn(C)c1)C(=O)CC1OCCc2ccccc21. The van der Waals surface area contributed by atoms with Crippen molar-refractivity contribution in [2.75, 3.05) is 6.61 Å². The smallest absolute Gasteiger partial charge is 0.226 e. The van der Waals surface area contributed by atoms with Gasteiger partial charge in [0.1, 0.15) is 0 Å². The Morgan fingerprint density at radius 2 is 2.21 bits per heavy atom. The molecule has 1 unspecified atom stereocenters. The molecular formula is C19H25N3O2. The average Bonchev–Trinajstić information content (AvgIpc) is 2.98. The summed E-state index contributed by atoms with van der Waals surface area (Å²) in [5.74, 6) is 0.121. The van der Waals surface area contributed by atoms with Crippen LogP contribution in [0.1, 0.15) is 43.1 Å². The molecule has 5 heteroatoms. The quantitative estimate of drug-likeness (QED) is 0.848. The molecule has 24 heavy (non-hydrogen) atoms. The van der Waals surface area contributed by atoms with Crippen molar-refractivity contribution in [3.63, 3.8) is 0 Å². The van der Waals surface area contributed by atoms with E-state index in [9.17, 15) is 4.79 Å². The third-order valence-corrected chi connectivity index (χ3v) is 4.51. The van der Waals surface area contributed by atoms with Gasteiger partial charge < -0.3 is 9.64 Å². The van der Waals surface area contributed by atoms with E-state index in [1.807, 2.05) is 50.3 Å². The average molecular weight is 327 g/mol. The van der Waals surface area contributed by atoms with E-state index < -0.39 is 0 Å². The van der Waals surface area contributed by atoms with Crippen molar-refractivity contribution in [1.82, 2.24) is 14.7 Å². The first kappa shape index (κ1) is 16.7. The van der Waals surface area contributed by atoms with E-state index in [-0.39, 0.29) is 18.1 Å². The number of benzene rings is 1. The number of aryl methyl sites for hydroxylation is 1. The molecule has 1 amide bonds. The molecule has 128 valence electrons. The predicted molar refractivity (Wildman–Crippen MR) is 92.4 cm³/mol. The second-order valence-electron chi connectivity index (χ2n) is 6.65. The summed E-state index contributed by atoms with van der Waals surface area (Å²) in [4.78, 5) is 14.8. The third-order valence-electron chi connectivity index (χ3n) is 4.51. The summed E-state index contributed by atoms with van der Waals surface area (Å²) in [6, 6.07) is 8.40. The molecule has 2 aromatic rings. The van der Waals surface area contributed by atoms with Crippen LogP contribution in [0.2, 0.25) is 0 Å². The molecular weight excluding hydrogens is 302 g/mol. The van der Waals surface area contributed by atoms with Crippen LogP contribution in [0.4, 0.5) is 0 Å². The highest BCUT2D eigenvalue weighted by Crippen LogP contribution is 2.30. The molecule has 0 N–H and O–H groups in total. The van der Waals surface area contributed by atoms with Crippen LogP contribution in [0.3, 0.4) is 0 Å². The first-order chi connectivity index (χ1) is 11.5. The summed E-state index contributed by atoms with van der Waals surface area (Å²) in [7, 11) is 1.89. The van der Waals surface area contributed by atoms with Gasteiger partial charge in [-0.3, -0.25) is 9.48 Å². The number of carbonyl (C=O) groups is 1. The first-order valence-corrected chi connectivity index (χ1v) is 8.51. The van der Waals surface area contributed by atoms with Gasteiger partial charge in [-0.25, -0.2) is 0 Å². The van der Waals surface area contributed by atoms with Gasteiger partial charge in [0, 0.05) is 31.4 Å². The van der Waals surface area contributed by atoms with E-state index in [1.54, 1.807) is 4.68 Å². The number of aromatic nitrogens is 2. The standard InChI is InChI=1S/C19H25N3O2/c1-14(2)22(13-15-11-20-21(3)12-15)19(23)10-18-17-7-5-4-6-16(17)8-9-24-18/h4-7,11-12,14,18H,8-10,13H2,1-3H3. The van der Waals surface area contributed by atoms with Crippen LogP contribution in [0.25, 0.3) is 0 Å². The Kier molecular flexibility index (Phi) is 5.00. The van der Waals surface area contributed by atoms with E-state index in [0.29, 0.717) is 19.6 Å². The molecule has 5 nitrogen and oxygen atoms in total. The lowest BCUT2D eigenvalue weighted by Crippen LogP contribution is -2.37. The molecule has 1 aromatic carbocycles. The van der Waals surface area contributed by atoms with Crippen molar-refractivity contribution in [3.8, 4) is 0 Å². The number of ether oxygens (including phenoxy) is 1. The Morgan fingerprint density at radius 3 is 2.92 bits per heavy atom. The molecule has 1 aliphatic rings. The highest BCUT2D eigenvalue weighted by molar-refractivity contribution is 5.77. The van der Waals surface area contributed by atoms with Crippen LogP contribution < -0.4 is 0 Å². The first-order valence-electron chi connectivity index (χ1n) is 8.51. The molecule has 0 bridgehead atoms. The zero-order valence-electron chi connectivity index (χ0n) is 14.6. The summed E-state index contributed by atoms with van der Waals surface area (Å²) >= 11 is 0. The van der Waals surface area contributed by atoms with E-state index in [0.717, 1.165) is 17.5 Å². The van der Waals surface area contributed by atoms with Crippen LogP contribution in [-0.2, 0) is 29.5 Å². The molecule has 0 spiro atoms. The van der Waals surface area contributed by atoms with Crippen molar-refractivity contribution in [2.45, 2.75) is 45.4 Å². The van der Waals surface area contributed by atoms with E-state index in [1.165, 1.54) is 5.56 Å². The lowest BCUT2D eigenvalue weighted by Gasteiger charge is -2.30. The molecule has 3 rings (SSSR count). The minimum absolute atomic E-state index is 0.121. The molecule has 0 saturated heterocycles. The van der Waals surface area contributed by atoms with Crippen molar-refractivity contribution in [1.29, 1.82) is 0 Å². The van der Waals surface area contributed by atoms with Gasteiger partial charge in [0.05, 0.1) is 25.3 Å². The predicted octanol–water partition coefficient (Wildman–Crippen LogP) is 2.86. The number of hydrogen-bond donors (Lipinski definition) is 0. The van der Waals surface area contributed by atoms with Crippen molar-refractivity contribution in [3.05, 3.63) is 53.3 Å². The highest BCUT2D eigenvalue weighted by atomic mass is 16.5. The molecule has 0 saturated carbocycles. The number of carbonyl (C=O) groups excluding carboxylic acids is 1. The monoisotopic (exact) mass is 327 g/mol. The number of fused-ring (bicyclic) bond motifs is 1. The van der Waals surface area contributed by atoms with Crippen LogP contribution in [-0.4, -0.2) is 33.2 Å². The third kappa shape index (κ3) is 3.67. The summed E-state index contributed by atoms with van der Waals surface area (Å²) < 4.78 is 7.66. The van der Waals surface area contributed by atoms with Crippen LogP contribution >= 0.6 is 0 Å². The Bertz CT molecular complexity index is 708. The number of nitrogens with zero attached hydrogens (tertiary/aromatic N) is 3. The van der Waals surface area contributed by atoms with Crippen molar-refractivity contribution >= 4 is 5.91 Å². The van der Waals surface area contributed by atoms with Gasteiger partial charge in [-0.15, -0.1) is 0 Å². The van der Waals surface area contributed by atoms with Gasteiger partial charge in [0.25, 0.3) is 0 Å². The van der Waals surface area contributed by atoms with E-state index >= 15 is 0 Å². The maximum Gasteiger partial charge on any atom is 0.226 e. The Labute approximate surface area is 143 Å². The number of rotatable bonds is 5. The van der Waals surface area contributed by atoms with Crippen molar-refractivity contribution < 1.29 is 9.53 Å². The fourth-order valence-electron chi connectivity index (χ4n) is 3.23. The second-order valence-corrected chi connectivity index (χ2v) is 6.65. The van der Waals surface area contributed by atoms with E-state index in [4.69, 9.17) is 4.74 Å². The van der Waals surface area contributed by atoms with Crippen LogP contribution in [0.5, 0.6) is 0 Å². The fraction of sp³-hybridized carbons (Fsp3) is 0.474.